The number of nitrogens with zero attached hydrogens (tertiary/aromatic N) is 6. The van der Waals surface area contributed by atoms with Gasteiger partial charge in [0.25, 0.3) is 5.91 Å². The van der Waals surface area contributed by atoms with E-state index in [2.05, 4.69) is 20.1 Å². The number of piperidine rings is 2. The number of carbonyl (C=O) groups excluding carboxylic acids is 5. The molecule has 3 aromatic carbocycles. The summed E-state index contributed by atoms with van der Waals surface area (Å²) >= 11 is 0. The highest BCUT2D eigenvalue weighted by atomic mass is 19.4. The number of likely N-dealkylation sites (tertiary alicyclic amines) is 2. The Balaban J connectivity index is 1.09. The first-order valence-electron chi connectivity index (χ1n) is 33.7. The molecule has 0 saturated carbocycles. The molecule has 96 heavy (non-hydrogen) atoms. The number of nitrogens with one attached hydrogen (secondary N) is 1. The van der Waals surface area contributed by atoms with Crippen LogP contribution in [0.5, 0.6) is 11.5 Å². The van der Waals surface area contributed by atoms with Gasteiger partial charge in [-0.3, -0.25) is 53.5 Å². The zero-order valence-corrected chi connectivity index (χ0v) is 59.4. The minimum atomic E-state index is -4.78. The van der Waals surface area contributed by atoms with Crippen molar-refractivity contribution in [3.8, 4) is 22.6 Å². The quantitative estimate of drug-likeness (QED) is 0.0319. The van der Waals surface area contributed by atoms with Crippen molar-refractivity contribution in [1.29, 1.82) is 0 Å². The maximum absolute atomic E-state index is 15.5. The van der Waals surface area contributed by atoms with Crippen LogP contribution in [0.4, 0.5) is 18.9 Å². The van der Waals surface area contributed by atoms with Gasteiger partial charge in [0.2, 0.25) is 0 Å². The van der Waals surface area contributed by atoms with Gasteiger partial charge in [0.1, 0.15) is 58.3 Å². The summed E-state index contributed by atoms with van der Waals surface area (Å²) in [4.78, 5) is 81.6. The first kappa shape index (κ1) is 76.4. The minimum Gasteiger partial charge on any atom is -0.496 e. The predicted octanol–water partition coefficient (Wildman–Crippen LogP) is 12.2. The van der Waals surface area contributed by atoms with Crippen LogP contribution < -0.4 is 14.8 Å². The second kappa shape index (κ2) is 33.5. The van der Waals surface area contributed by atoms with Crippen LogP contribution in [-0.2, 0) is 62.1 Å². The smallest absolute Gasteiger partial charge is 0.417 e. The van der Waals surface area contributed by atoms with Gasteiger partial charge in [0.15, 0.2) is 0 Å². The van der Waals surface area contributed by atoms with E-state index in [1.54, 1.807) is 45.2 Å². The Labute approximate surface area is 566 Å². The van der Waals surface area contributed by atoms with Gasteiger partial charge >= 0.3 is 30.1 Å². The third-order valence-corrected chi connectivity index (χ3v) is 16.7. The number of carbonyl (C=O) groups is 5. The number of methoxy groups -OCH3 is 1. The average Bonchev–Trinajstić information content (AvgIpc) is 0.824. The zero-order valence-electron chi connectivity index (χ0n) is 59.4. The Morgan fingerprint density at radius 3 is 1.58 bits per heavy atom. The summed E-state index contributed by atoms with van der Waals surface area (Å²) in [7, 11) is 1.53. The monoisotopic (exact) mass is 1340 g/mol. The van der Waals surface area contributed by atoms with Crippen molar-refractivity contribution in [1.82, 2.24) is 29.5 Å². The largest absolute Gasteiger partial charge is 0.496 e. The van der Waals surface area contributed by atoms with Crippen molar-refractivity contribution in [2.45, 2.75) is 189 Å². The van der Waals surface area contributed by atoms with Crippen LogP contribution in [0.1, 0.15) is 171 Å². The van der Waals surface area contributed by atoms with Crippen LogP contribution >= 0.6 is 0 Å². The first-order valence-corrected chi connectivity index (χ1v) is 33.7. The van der Waals surface area contributed by atoms with E-state index in [0.717, 1.165) is 59.6 Å². The lowest BCUT2D eigenvalue weighted by Gasteiger charge is -2.36. The summed E-state index contributed by atoms with van der Waals surface area (Å²) in [6.07, 6.45) is 4.44. The molecule has 7 rings (SSSR count). The molecule has 22 heteroatoms. The van der Waals surface area contributed by atoms with E-state index in [1.165, 1.54) is 19.3 Å². The number of hydrogen-bond acceptors (Lipinski definition) is 18. The van der Waals surface area contributed by atoms with Crippen LogP contribution in [0.2, 0.25) is 0 Å². The summed E-state index contributed by atoms with van der Waals surface area (Å²) < 4.78 is 87.8. The van der Waals surface area contributed by atoms with E-state index in [9.17, 15) is 24.0 Å². The molecule has 528 valence electrons. The molecule has 2 atom stereocenters. The van der Waals surface area contributed by atoms with Crippen molar-refractivity contribution >= 4 is 47.6 Å². The van der Waals surface area contributed by atoms with Crippen LogP contribution in [0.3, 0.4) is 0 Å². The fraction of sp³-hybridized carbons (Fsp3) is 0.595. The summed E-state index contributed by atoms with van der Waals surface area (Å²) in [5, 5.41) is 3.03. The summed E-state index contributed by atoms with van der Waals surface area (Å²) in [6.45, 7) is 31.7. The molecule has 1 amide bonds. The first-order chi connectivity index (χ1) is 45.0. The molecule has 3 aliphatic rings. The number of anilines is 1. The van der Waals surface area contributed by atoms with Crippen molar-refractivity contribution in [3.05, 3.63) is 105 Å². The number of esters is 4. The van der Waals surface area contributed by atoms with Gasteiger partial charge in [-0.2, -0.15) is 13.2 Å². The van der Waals surface area contributed by atoms with Crippen molar-refractivity contribution in [2.24, 2.45) is 0 Å². The average molecular weight is 1340 g/mol. The molecule has 4 heterocycles. The van der Waals surface area contributed by atoms with Gasteiger partial charge in [-0.05, 0) is 187 Å². The molecule has 4 aromatic rings. The fourth-order valence-corrected chi connectivity index (χ4v) is 12.1. The molecule has 0 unspecified atom stereocenters. The molecule has 3 aliphatic heterocycles. The fourth-order valence-electron chi connectivity index (χ4n) is 12.1. The second-order valence-electron chi connectivity index (χ2n) is 29.3. The Kier molecular flexibility index (Phi) is 26.7. The normalized spacial score (nSPS) is 18.1. The molecule has 0 radical (unpaired) electrons. The molecule has 0 aliphatic carbocycles. The minimum absolute atomic E-state index is 0.000714. The summed E-state index contributed by atoms with van der Waals surface area (Å²) in [5.74, 6) is -1.17. The standard InChI is InChI=1S/C74H104F3N7O12/c1-50-52(22-20-23-56(50)57-24-21-25-59(51(57)2)79-67(87)60-44-63(90-15)55(45-78-60)47-84-31-19-17-27-62(84)69(89)96-73(12,13)14)28-29-53-43-64(54(42-58(53)74(75,76)77)46-83-30-18-16-26-61(83)68(88)95-72(9,10)11)92-41-40-91-39-38-80-32-34-81(48-65(85)93-70(3,4)5)36-37-82(35-33-80)49-66(86)94-71(6,7)8/h20-25,28-29,42-45,61-62H,16-19,26-27,30-41,46-49H2,1-15H3,(H,79,87)/b29-28+/t61-,62-/m0/s1. The van der Waals surface area contributed by atoms with Crippen molar-refractivity contribution in [2.75, 3.05) is 104 Å². The number of rotatable bonds is 23. The Hall–Kier alpha value is -6.95. The molecular weight excluding hydrogens is 1240 g/mol. The van der Waals surface area contributed by atoms with Gasteiger partial charge < -0.3 is 38.5 Å². The van der Waals surface area contributed by atoms with Crippen LogP contribution in [-0.4, -0.2) is 193 Å². The van der Waals surface area contributed by atoms with E-state index in [1.807, 2.05) is 121 Å². The molecular formula is C74H104F3N7O12. The highest BCUT2D eigenvalue weighted by Crippen LogP contribution is 2.40. The number of halogens is 3. The van der Waals surface area contributed by atoms with E-state index in [0.29, 0.717) is 102 Å². The zero-order chi connectivity index (χ0) is 70.3. The molecule has 3 saturated heterocycles. The van der Waals surface area contributed by atoms with Crippen LogP contribution in [0.15, 0.2) is 60.8 Å². The molecule has 3 fully saturated rings. The number of hydrogen-bond donors (Lipinski definition) is 1. The number of amides is 1. The van der Waals surface area contributed by atoms with Gasteiger partial charge in [-0.1, -0.05) is 55.3 Å². The lowest BCUT2D eigenvalue weighted by atomic mass is 9.92. The number of ether oxygens (including phenoxy) is 7. The highest BCUT2D eigenvalue weighted by molar-refractivity contribution is 6.04. The van der Waals surface area contributed by atoms with E-state index in [-0.39, 0.29) is 73.3 Å². The van der Waals surface area contributed by atoms with Crippen molar-refractivity contribution in [3.63, 3.8) is 0 Å². The van der Waals surface area contributed by atoms with Crippen LogP contribution in [0.25, 0.3) is 23.3 Å². The topological polar surface area (TPSA) is 191 Å². The lowest BCUT2D eigenvalue weighted by molar-refractivity contribution is -0.164. The second-order valence-corrected chi connectivity index (χ2v) is 29.3. The summed E-state index contributed by atoms with van der Waals surface area (Å²) in [5.41, 5.74) is 1.74. The van der Waals surface area contributed by atoms with E-state index >= 15 is 13.2 Å². The van der Waals surface area contributed by atoms with Gasteiger partial charge in [0.05, 0.1) is 39.0 Å². The number of alkyl halides is 3. The van der Waals surface area contributed by atoms with Crippen LogP contribution in [0, 0.1) is 13.8 Å². The maximum atomic E-state index is 15.5. The Morgan fingerprint density at radius 1 is 0.562 bits per heavy atom. The van der Waals surface area contributed by atoms with Gasteiger partial charge in [-0.25, -0.2) is 0 Å². The van der Waals surface area contributed by atoms with Gasteiger partial charge in [-0.15, -0.1) is 0 Å². The Morgan fingerprint density at radius 2 is 1.06 bits per heavy atom. The van der Waals surface area contributed by atoms with E-state index < -0.39 is 58.1 Å². The SMILES string of the molecule is COc1cc(C(=O)Nc2cccc(-c3cccc(/C=C/c4cc(OCCOCCN5CCN(CC(=O)OC(C)(C)C)CCN(CC(=O)OC(C)(C)C)CC5)c(CN5CCCC[C@H]5C(=O)OC(C)(C)C)cc4C(F)(F)F)c3C)c2C)ncc1CN1CCCC[C@H]1C(=O)OC(C)(C)C. The molecule has 0 bridgehead atoms. The van der Waals surface area contributed by atoms with Crippen molar-refractivity contribution < 1.29 is 70.3 Å². The lowest BCUT2D eigenvalue weighted by Crippen LogP contribution is -2.46. The predicted molar refractivity (Wildman–Crippen MR) is 366 cm³/mol. The Bertz CT molecular complexity index is 3310. The molecule has 0 spiro atoms. The van der Waals surface area contributed by atoms with E-state index in [4.69, 9.17) is 33.2 Å². The maximum Gasteiger partial charge on any atom is 0.417 e. The third kappa shape index (κ3) is 23.7. The third-order valence-electron chi connectivity index (χ3n) is 16.7. The molecule has 1 aromatic heterocycles. The molecule has 19 nitrogen and oxygen atoms in total. The number of benzene rings is 3. The van der Waals surface area contributed by atoms with Gasteiger partial charge in [0, 0.05) is 88.0 Å². The summed E-state index contributed by atoms with van der Waals surface area (Å²) in [6, 6.07) is 14.2. The number of pyridine rings is 1. The number of aromatic nitrogens is 1. The highest BCUT2D eigenvalue weighted by Gasteiger charge is 2.38. The molecule has 1 N–H and O–H groups in total.